The van der Waals surface area contributed by atoms with Crippen molar-refractivity contribution in [1.82, 2.24) is 4.72 Å². The van der Waals surface area contributed by atoms with Crippen molar-refractivity contribution in [3.8, 4) is 0 Å². The molecule has 0 atom stereocenters. The number of nitrogens with two attached hydrogens (primary N) is 1. The van der Waals surface area contributed by atoms with Crippen molar-refractivity contribution in [3.05, 3.63) is 24.3 Å². The molecular formula is C15H20F3N3O4S. The van der Waals surface area contributed by atoms with E-state index in [4.69, 9.17) is 10.5 Å². The summed E-state index contributed by atoms with van der Waals surface area (Å²) in [4.78, 5) is 12.2. The zero-order chi connectivity index (χ0) is 19.4. The second-order valence-electron chi connectivity index (χ2n) is 6.02. The van der Waals surface area contributed by atoms with Crippen LogP contribution in [0.15, 0.2) is 29.2 Å². The van der Waals surface area contributed by atoms with Crippen molar-refractivity contribution in [2.75, 3.05) is 31.6 Å². The van der Waals surface area contributed by atoms with Gasteiger partial charge < -0.3 is 15.8 Å². The number of amides is 1. The largest absolute Gasteiger partial charge is 0.402 e. The summed E-state index contributed by atoms with van der Waals surface area (Å²) in [7, 11) is -4.30. The lowest BCUT2D eigenvalue weighted by molar-refractivity contribution is -0.130. The van der Waals surface area contributed by atoms with Crippen LogP contribution in [0.4, 0.5) is 18.9 Å². The maximum atomic E-state index is 12.5. The normalized spacial score (nSPS) is 17.7. The number of sulfonamides is 1. The minimum atomic E-state index is -4.65. The van der Waals surface area contributed by atoms with Crippen molar-refractivity contribution in [2.24, 2.45) is 11.1 Å². The summed E-state index contributed by atoms with van der Waals surface area (Å²) < 4.78 is 66.9. The minimum absolute atomic E-state index is 0.149. The van der Waals surface area contributed by atoms with Gasteiger partial charge in [-0.15, -0.1) is 0 Å². The van der Waals surface area contributed by atoms with Gasteiger partial charge in [-0.1, -0.05) is 0 Å². The van der Waals surface area contributed by atoms with Crippen LogP contribution in [0, 0.1) is 5.41 Å². The summed E-state index contributed by atoms with van der Waals surface area (Å²) in [6.45, 7) is -0.662. The summed E-state index contributed by atoms with van der Waals surface area (Å²) in [6, 6.07) is 4.86. The van der Waals surface area contributed by atoms with Gasteiger partial charge in [0.05, 0.1) is 10.3 Å². The Morgan fingerprint density at radius 2 is 1.77 bits per heavy atom. The Morgan fingerprint density at radius 3 is 2.27 bits per heavy atom. The molecule has 1 aromatic carbocycles. The molecule has 1 saturated heterocycles. The van der Waals surface area contributed by atoms with Crippen molar-refractivity contribution >= 4 is 21.6 Å². The number of hydrogen-bond acceptors (Lipinski definition) is 5. The molecule has 2 rings (SSSR count). The zero-order valence-corrected chi connectivity index (χ0v) is 14.6. The Labute approximate surface area is 149 Å². The van der Waals surface area contributed by atoms with E-state index in [-0.39, 0.29) is 17.3 Å². The lowest BCUT2D eigenvalue weighted by Crippen LogP contribution is -2.46. The third kappa shape index (κ3) is 5.16. The summed E-state index contributed by atoms with van der Waals surface area (Å²) in [6.07, 6.45) is -3.70. The molecular weight excluding hydrogens is 375 g/mol. The molecule has 1 aliphatic rings. The second-order valence-corrected chi connectivity index (χ2v) is 7.78. The molecule has 146 valence electrons. The molecule has 0 aromatic heterocycles. The van der Waals surface area contributed by atoms with Crippen LogP contribution in [0.25, 0.3) is 0 Å². The van der Waals surface area contributed by atoms with E-state index in [1.54, 1.807) is 0 Å². The van der Waals surface area contributed by atoms with Gasteiger partial charge in [0, 0.05) is 25.4 Å². The Kier molecular flexibility index (Phi) is 6.27. The van der Waals surface area contributed by atoms with Gasteiger partial charge in [-0.25, -0.2) is 13.1 Å². The molecule has 1 amide bonds. The highest BCUT2D eigenvalue weighted by atomic mass is 32.2. The van der Waals surface area contributed by atoms with Crippen molar-refractivity contribution < 1.29 is 31.1 Å². The SMILES string of the molecule is NCC1(C(=O)Nc2ccc(S(=O)(=O)NCC(F)(F)F)cc2)CCOCC1. The zero-order valence-electron chi connectivity index (χ0n) is 13.8. The highest BCUT2D eigenvalue weighted by Gasteiger charge is 2.38. The molecule has 11 heteroatoms. The Hall–Kier alpha value is -1.69. The Balaban J connectivity index is 2.06. The highest BCUT2D eigenvalue weighted by molar-refractivity contribution is 7.89. The fourth-order valence-corrected chi connectivity index (χ4v) is 3.54. The van der Waals surface area contributed by atoms with Crippen molar-refractivity contribution in [3.63, 3.8) is 0 Å². The van der Waals surface area contributed by atoms with Crippen LogP contribution < -0.4 is 15.8 Å². The number of alkyl halides is 3. The second kappa shape index (κ2) is 7.91. The number of carbonyl (C=O) groups is 1. The topological polar surface area (TPSA) is 111 Å². The number of halogens is 3. The van der Waals surface area contributed by atoms with E-state index in [2.05, 4.69) is 5.32 Å². The number of rotatable bonds is 6. The average molecular weight is 395 g/mol. The fourth-order valence-electron chi connectivity index (χ4n) is 2.53. The predicted octanol–water partition coefficient (Wildman–Crippen LogP) is 1.22. The molecule has 1 heterocycles. The molecule has 0 spiro atoms. The summed E-state index contributed by atoms with van der Waals surface area (Å²) in [5.74, 6) is -0.297. The molecule has 0 unspecified atom stereocenters. The molecule has 26 heavy (non-hydrogen) atoms. The molecule has 4 N–H and O–H groups in total. The van der Waals surface area contributed by atoms with Crippen LogP contribution >= 0.6 is 0 Å². The number of ether oxygens (including phenoxy) is 1. The van der Waals surface area contributed by atoms with E-state index in [0.29, 0.717) is 31.7 Å². The van der Waals surface area contributed by atoms with Crippen LogP contribution in [0.2, 0.25) is 0 Å². The molecule has 0 radical (unpaired) electrons. The van der Waals surface area contributed by atoms with Crippen LogP contribution in [0.3, 0.4) is 0 Å². The summed E-state index contributed by atoms with van der Waals surface area (Å²) in [5, 5.41) is 2.67. The highest BCUT2D eigenvalue weighted by Crippen LogP contribution is 2.31. The molecule has 7 nitrogen and oxygen atoms in total. The Bertz CT molecular complexity index is 729. The van der Waals surface area contributed by atoms with Gasteiger partial charge in [-0.3, -0.25) is 4.79 Å². The van der Waals surface area contributed by atoms with Crippen molar-refractivity contribution in [2.45, 2.75) is 23.9 Å². The number of benzene rings is 1. The van der Waals surface area contributed by atoms with Crippen LogP contribution in [0.1, 0.15) is 12.8 Å². The average Bonchev–Trinajstić information content (AvgIpc) is 2.60. The standard InChI is InChI=1S/C15H20F3N3O4S/c16-15(17,18)10-20-26(23,24)12-3-1-11(2-4-12)21-13(22)14(9-19)5-7-25-8-6-14/h1-4,20H,5-10,19H2,(H,21,22). The fraction of sp³-hybridized carbons (Fsp3) is 0.533. The van der Waals surface area contributed by atoms with Gasteiger partial charge in [0.15, 0.2) is 0 Å². The first kappa shape index (κ1) is 20.6. The first-order chi connectivity index (χ1) is 12.1. The summed E-state index contributed by atoms with van der Waals surface area (Å²) >= 11 is 0. The number of anilines is 1. The van der Waals surface area contributed by atoms with Gasteiger partial charge in [0.25, 0.3) is 0 Å². The number of hydrogen-bond donors (Lipinski definition) is 3. The van der Waals surface area contributed by atoms with E-state index >= 15 is 0 Å². The van der Waals surface area contributed by atoms with E-state index in [9.17, 15) is 26.4 Å². The number of nitrogens with one attached hydrogen (secondary N) is 2. The molecule has 1 aromatic rings. The van der Waals surface area contributed by atoms with Gasteiger partial charge in [0.2, 0.25) is 15.9 Å². The third-order valence-electron chi connectivity index (χ3n) is 4.21. The lowest BCUT2D eigenvalue weighted by Gasteiger charge is -2.34. The summed E-state index contributed by atoms with van der Waals surface area (Å²) in [5.41, 5.74) is 5.32. The van der Waals surface area contributed by atoms with Gasteiger partial charge in [-0.2, -0.15) is 13.2 Å². The molecule has 0 aliphatic carbocycles. The maximum absolute atomic E-state index is 12.5. The molecule has 1 fully saturated rings. The smallest absolute Gasteiger partial charge is 0.381 e. The first-order valence-corrected chi connectivity index (χ1v) is 9.32. The predicted molar refractivity (Wildman–Crippen MR) is 87.9 cm³/mol. The third-order valence-corrected chi connectivity index (χ3v) is 5.62. The van der Waals surface area contributed by atoms with Crippen LogP contribution in [-0.4, -0.2) is 46.8 Å². The van der Waals surface area contributed by atoms with Crippen LogP contribution in [0.5, 0.6) is 0 Å². The first-order valence-electron chi connectivity index (χ1n) is 7.84. The molecule has 0 saturated carbocycles. The lowest BCUT2D eigenvalue weighted by atomic mass is 9.79. The monoisotopic (exact) mass is 395 g/mol. The molecule has 0 bridgehead atoms. The van der Waals surface area contributed by atoms with Gasteiger partial charge in [0.1, 0.15) is 6.54 Å². The van der Waals surface area contributed by atoms with E-state index in [0.717, 1.165) is 12.1 Å². The van der Waals surface area contributed by atoms with E-state index in [1.807, 2.05) is 0 Å². The Morgan fingerprint density at radius 1 is 1.19 bits per heavy atom. The maximum Gasteiger partial charge on any atom is 0.402 e. The molecule has 1 aliphatic heterocycles. The van der Waals surface area contributed by atoms with Gasteiger partial charge >= 0.3 is 6.18 Å². The van der Waals surface area contributed by atoms with Gasteiger partial charge in [-0.05, 0) is 37.1 Å². The van der Waals surface area contributed by atoms with E-state index in [1.165, 1.54) is 16.9 Å². The van der Waals surface area contributed by atoms with Crippen LogP contribution in [-0.2, 0) is 19.6 Å². The quantitative estimate of drug-likeness (QED) is 0.671. The van der Waals surface area contributed by atoms with Crippen molar-refractivity contribution in [1.29, 1.82) is 0 Å². The van der Waals surface area contributed by atoms with E-state index < -0.39 is 28.2 Å². The number of carbonyl (C=O) groups excluding carboxylic acids is 1. The minimum Gasteiger partial charge on any atom is -0.381 e.